The first-order valence-corrected chi connectivity index (χ1v) is 20.9. The molecular weight excluding hydrogens is 793 g/mol. The molecule has 0 unspecified atom stereocenters. The zero-order valence-corrected chi connectivity index (χ0v) is 34.3. The smallest absolute Gasteiger partial charge is 0.190 e. The van der Waals surface area contributed by atoms with E-state index < -0.39 is 145 Å². The van der Waals surface area contributed by atoms with Crippen molar-refractivity contribution in [3.05, 3.63) is 23.8 Å². The number of rotatable bonds is 8. The van der Waals surface area contributed by atoms with Crippen molar-refractivity contribution in [1.82, 2.24) is 0 Å². The number of aliphatic hydroxyl groups is 8. The summed E-state index contributed by atoms with van der Waals surface area (Å²) in [5, 5.41) is 82.7. The van der Waals surface area contributed by atoms with Crippen LogP contribution in [0.3, 0.4) is 0 Å². The summed E-state index contributed by atoms with van der Waals surface area (Å²) in [5.74, 6) is -2.12. The van der Waals surface area contributed by atoms with Crippen LogP contribution in [0.4, 0.5) is 4.39 Å². The van der Waals surface area contributed by atoms with Crippen LogP contribution in [0.5, 0.6) is 0 Å². The zero-order valence-electron chi connectivity index (χ0n) is 34.3. The van der Waals surface area contributed by atoms with E-state index in [-0.39, 0.29) is 37.5 Å². The van der Waals surface area contributed by atoms with Gasteiger partial charge in [-0.15, -0.1) is 0 Å². The second-order valence-corrected chi connectivity index (χ2v) is 18.5. The number of hydrogen-bond acceptors (Lipinski definition) is 19. The fourth-order valence-electron chi connectivity index (χ4n) is 11.7. The van der Waals surface area contributed by atoms with Crippen LogP contribution < -0.4 is 28.7 Å². The van der Waals surface area contributed by atoms with E-state index in [4.69, 9.17) is 47.6 Å². The highest BCUT2D eigenvalue weighted by Gasteiger charge is 2.75. The first-order chi connectivity index (χ1) is 28.0. The Kier molecular flexibility index (Phi) is 13.9. The normalized spacial score (nSPS) is 52.6. The van der Waals surface area contributed by atoms with Crippen LogP contribution in [0.15, 0.2) is 23.8 Å². The topological polar surface area (TPSA) is 363 Å². The highest BCUT2D eigenvalue weighted by molar-refractivity contribution is 6.01. The van der Waals surface area contributed by atoms with Crippen LogP contribution in [0.25, 0.3) is 0 Å². The van der Waals surface area contributed by atoms with Crippen LogP contribution >= 0.6 is 0 Å². The van der Waals surface area contributed by atoms with Gasteiger partial charge in [0.05, 0.1) is 37.0 Å². The molecule has 2 aliphatic heterocycles. The van der Waals surface area contributed by atoms with Gasteiger partial charge in [-0.3, -0.25) is 9.59 Å². The third-order valence-electron chi connectivity index (χ3n) is 15.2. The van der Waals surface area contributed by atoms with Gasteiger partial charge in [-0.2, -0.15) is 0 Å². The lowest BCUT2D eigenvalue weighted by atomic mass is 9.44. The number of aliphatic hydroxyl groups excluding tert-OH is 7. The minimum atomic E-state index is -1.98. The summed E-state index contributed by atoms with van der Waals surface area (Å²) in [7, 11) is 0. The quantitative estimate of drug-likeness (QED) is 0.110. The minimum absolute atomic E-state index is 0.0542. The minimum Gasteiger partial charge on any atom is -0.394 e. The van der Waals surface area contributed by atoms with Crippen LogP contribution in [0, 0.1) is 28.6 Å². The predicted molar refractivity (Wildman–Crippen MR) is 208 cm³/mol. The monoisotopic (exact) mass is 859 g/mol. The lowest BCUT2D eigenvalue weighted by molar-refractivity contribution is -0.314. The molecule has 0 aromatic rings. The standard InChI is InChI=1S/C22H29FO5.C18H37N5O9/c1-12-8-16-15-5-4-13-9-14(25)6-7-19(13,2)21(15,23)17(26)10-20(16,3)22(12,28)18(27)11-24;19-3-9-8(25)2-7(22)17(29-9)31-15-5(20)1-6(21)16(14(15)28)32-18-13(27)11(23)12(26)10(4-24)30-18/h6-7,9,12,15-17,24,26,28H,4-5,8,10-11H2,1-3H3;5-18,24-28H,1-4,19-23H2/t12-,15+,16+,17+,19+,20+,21+,22+;5-,6+,7+,8-,9+,10+,11-,12+,13+,14-,15+,16-,17+,18+/m10/s1. The van der Waals surface area contributed by atoms with Crippen molar-refractivity contribution in [3.8, 4) is 0 Å². The van der Waals surface area contributed by atoms with Gasteiger partial charge in [0.25, 0.3) is 0 Å². The van der Waals surface area contributed by atoms with Crippen molar-refractivity contribution in [2.75, 3.05) is 19.8 Å². The first-order valence-electron chi connectivity index (χ1n) is 20.9. The third-order valence-corrected chi connectivity index (χ3v) is 15.2. The molecule has 6 fully saturated rings. The molecule has 2 heterocycles. The molecule has 342 valence electrons. The van der Waals surface area contributed by atoms with Crippen molar-refractivity contribution in [3.63, 3.8) is 0 Å². The number of ether oxygens (including phenoxy) is 4. The van der Waals surface area contributed by atoms with E-state index in [9.17, 15) is 50.4 Å². The highest BCUT2D eigenvalue weighted by atomic mass is 19.1. The molecule has 22 atom stereocenters. The molecule has 20 heteroatoms. The molecule has 0 aromatic heterocycles. The number of ketones is 2. The van der Waals surface area contributed by atoms with Crippen LogP contribution in [-0.2, 0) is 28.5 Å². The molecule has 4 saturated carbocycles. The molecule has 0 amide bonds. The van der Waals surface area contributed by atoms with Gasteiger partial charge in [0.15, 0.2) is 29.8 Å². The van der Waals surface area contributed by atoms with E-state index in [1.165, 1.54) is 12.2 Å². The van der Waals surface area contributed by atoms with Gasteiger partial charge in [-0.05, 0) is 69.4 Å². The first kappa shape index (κ1) is 47.5. The molecule has 0 radical (unpaired) electrons. The Labute approximate surface area is 348 Å². The van der Waals surface area contributed by atoms with E-state index in [0.29, 0.717) is 24.8 Å². The van der Waals surface area contributed by atoms with Gasteiger partial charge in [0.2, 0.25) is 0 Å². The largest absolute Gasteiger partial charge is 0.394 e. The van der Waals surface area contributed by atoms with E-state index in [0.717, 1.165) is 0 Å². The summed E-state index contributed by atoms with van der Waals surface area (Å²) in [6.45, 7) is 3.98. The number of hydrogen-bond donors (Lipinski definition) is 13. The molecule has 0 aromatic carbocycles. The molecule has 0 spiro atoms. The van der Waals surface area contributed by atoms with Crippen LogP contribution in [0.1, 0.15) is 59.3 Å². The fourth-order valence-corrected chi connectivity index (χ4v) is 11.7. The van der Waals surface area contributed by atoms with E-state index >= 15 is 4.39 Å². The zero-order chi connectivity index (χ0) is 44.4. The van der Waals surface area contributed by atoms with Crippen molar-refractivity contribution in [1.29, 1.82) is 0 Å². The summed E-state index contributed by atoms with van der Waals surface area (Å²) in [5.41, 5.74) is 24.6. The molecule has 60 heavy (non-hydrogen) atoms. The number of halogens is 1. The third kappa shape index (κ3) is 7.55. The van der Waals surface area contributed by atoms with Crippen LogP contribution in [0.2, 0.25) is 0 Å². The number of alkyl halides is 1. The molecule has 7 rings (SSSR count). The Morgan fingerprint density at radius 3 is 2.10 bits per heavy atom. The molecule has 2 saturated heterocycles. The van der Waals surface area contributed by atoms with Gasteiger partial charge < -0.3 is 88.5 Å². The maximum atomic E-state index is 16.9. The van der Waals surface area contributed by atoms with Gasteiger partial charge >= 0.3 is 0 Å². The summed E-state index contributed by atoms with van der Waals surface area (Å²) < 4.78 is 39.6. The van der Waals surface area contributed by atoms with Crippen LogP contribution in [-0.4, -0.2) is 175 Å². The molecular formula is C40H66FN5O14. The second kappa shape index (κ2) is 17.6. The van der Waals surface area contributed by atoms with Crippen molar-refractivity contribution >= 4 is 11.6 Å². The predicted octanol–water partition coefficient (Wildman–Crippen LogP) is -4.40. The summed E-state index contributed by atoms with van der Waals surface area (Å²) in [4.78, 5) is 24.4. The molecule has 0 bridgehead atoms. The maximum absolute atomic E-state index is 16.9. The average molecular weight is 860 g/mol. The molecule has 5 aliphatic carbocycles. The molecule has 7 aliphatic rings. The Morgan fingerprint density at radius 2 is 1.50 bits per heavy atom. The van der Waals surface area contributed by atoms with E-state index in [2.05, 4.69) is 0 Å². The van der Waals surface area contributed by atoms with Gasteiger partial charge in [-0.25, -0.2) is 4.39 Å². The number of carbonyl (C=O) groups is 2. The van der Waals surface area contributed by atoms with E-state index in [1.54, 1.807) is 26.8 Å². The lowest BCUT2D eigenvalue weighted by Crippen LogP contribution is -2.69. The molecule has 19 nitrogen and oxygen atoms in total. The Balaban J connectivity index is 0.000000203. The van der Waals surface area contributed by atoms with Crippen molar-refractivity contribution < 1.29 is 73.8 Å². The number of Topliss-reactive ketones (excluding diaryl/α,β-unsaturated/α-hetero) is 1. The van der Waals surface area contributed by atoms with Gasteiger partial charge in [0.1, 0.15) is 48.8 Å². The summed E-state index contributed by atoms with van der Waals surface area (Å²) in [6.07, 6.45) is -6.32. The Hall–Kier alpha value is -1.93. The Morgan fingerprint density at radius 1 is 0.883 bits per heavy atom. The lowest BCUT2D eigenvalue weighted by Gasteiger charge is -2.62. The number of allylic oxidation sites excluding steroid dienone is 4. The number of fused-ring (bicyclic) bond motifs is 5. The number of carbonyl (C=O) groups excluding carboxylic acids is 2. The summed E-state index contributed by atoms with van der Waals surface area (Å²) >= 11 is 0. The summed E-state index contributed by atoms with van der Waals surface area (Å²) in [6, 6.07) is -3.27. The average Bonchev–Trinajstić information content (AvgIpc) is 3.40. The van der Waals surface area contributed by atoms with Gasteiger partial charge in [-0.1, -0.05) is 25.5 Å². The Bertz CT molecular complexity index is 1650. The van der Waals surface area contributed by atoms with Crippen molar-refractivity contribution in [2.24, 2.45) is 57.3 Å². The second-order valence-electron chi connectivity index (χ2n) is 18.5. The van der Waals surface area contributed by atoms with E-state index in [1.807, 2.05) is 0 Å². The fraction of sp³-hybridized carbons (Fsp3) is 0.850. The van der Waals surface area contributed by atoms with Crippen molar-refractivity contribution in [2.45, 2.75) is 162 Å². The number of nitrogens with two attached hydrogens (primary N) is 5. The maximum Gasteiger partial charge on any atom is 0.190 e. The van der Waals surface area contributed by atoms with Gasteiger partial charge in [0, 0.05) is 35.4 Å². The molecule has 18 N–H and O–H groups in total. The SMILES string of the molecule is C[C@@H]1C[C@H]2[C@@H]3CCC4=CC(=O)C=C[C@]4(C)[C@@]3(F)[C@@H](O)C[C@]2(C)[C@@]1(O)C(=O)CO.NC[C@H]1O[C@H](O[C@H]2[C@H](O)[C@@H](O[C@H]3O[C@H](CO)[C@@H](O)[C@H](N)[C@H]3O)[C@H](N)C[C@@H]2N)[C@H](N)C[C@@H]1O. The highest BCUT2D eigenvalue weighted by Crippen LogP contribution is 2.70.